The average Bonchev–Trinajstić information content (AvgIpc) is 3.14. The van der Waals surface area contributed by atoms with Crippen molar-refractivity contribution < 1.29 is 0 Å². The molecule has 0 amide bonds. The standard InChI is InChI=1S/C11H16ClN5/c12-11-14-10(7-13-15-11)17-5-3-16(4-6-17)8-9-1-2-9/h7,9H,1-6,8H2. The fraction of sp³-hybridized carbons (Fsp3) is 0.727. The molecule has 1 aliphatic heterocycles. The summed E-state index contributed by atoms with van der Waals surface area (Å²) in [6.07, 6.45) is 4.53. The van der Waals surface area contributed by atoms with E-state index in [-0.39, 0.29) is 5.28 Å². The van der Waals surface area contributed by atoms with Crippen LogP contribution in [0.3, 0.4) is 0 Å². The Morgan fingerprint density at radius 3 is 2.65 bits per heavy atom. The fourth-order valence-corrected chi connectivity index (χ4v) is 2.38. The summed E-state index contributed by atoms with van der Waals surface area (Å²) in [6.45, 7) is 5.50. The minimum Gasteiger partial charge on any atom is -0.353 e. The van der Waals surface area contributed by atoms with Crippen LogP contribution in [0.1, 0.15) is 12.8 Å². The van der Waals surface area contributed by atoms with E-state index in [1.807, 2.05) is 0 Å². The zero-order valence-electron chi connectivity index (χ0n) is 9.72. The number of anilines is 1. The molecular formula is C11H16ClN5. The number of rotatable bonds is 3. The summed E-state index contributed by atoms with van der Waals surface area (Å²) in [6, 6.07) is 0. The molecule has 17 heavy (non-hydrogen) atoms. The van der Waals surface area contributed by atoms with E-state index in [2.05, 4.69) is 25.0 Å². The maximum Gasteiger partial charge on any atom is 0.244 e. The SMILES string of the molecule is Clc1nncc(N2CCN(CC3CC3)CC2)n1. The Kier molecular flexibility index (Phi) is 3.11. The van der Waals surface area contributed by atoms with E-state index in [9.17, 15) is 0 Å². The molecule has 0 bridgehead atoms. The molecule has 2 heterocycles. The highest BCUT2D eigenvalue weighted by molar-refractivity contribution is 6.28. The smallest absolute Gasteiger partial charge is 0.244 e. The van der Waals surface area contributed by atoms with Crippen LogP contribution in [0, 0.1) is 5.92 Å². The molecule has 1 aromatic heterocycles. The number of aromatic nitrogens is 3. The summed E-state index contributed by atoms with van der Waals surface area (Å²) in [5.41, 5.74) is 0. The first-order valence-corrected chi connectivity index (χ1v) is 6.51. The number of piperazine rings is 1. The van der Waals surface area contributed by atoms with E-state index in [0.29, 0.717) is 0 Å². The Balaban J connectivity index is 1.56. The van der Waals surface area contributed by atoms with Crippen molar-refractivity contribution in [2.75, 3.05) is 37.6 Å². The molecule has 0 radical (unpaired) electrons. The first-order valence-electron chi connectivity index (χ1n) is 6.14. The van der Waals surface area contributed by atoms with Gasteiger partial charge in [0.2, 0.25) is 5.28 Å². The predicted molar refractivity (Wildman–Crippen MR) is 66.2 cm³/mol. The van der Waals surface area contributed by atoms with Crippen molar-refractivity contribution in [3.8, 4) is 0 Å². The van der Waals surface area contributed by atoms with Crippen molar-refractivity contribution in [1.29, 1.82) is 0 Å². The molecule has 0 N–H and O–H groups in total. The molecule has 3 rings (SSSR count). The van der Waals surface area contributed by atoms with Gasteiger partial charge in [0.25, 0.3) is 0 Å². The molecule has 0 spiro atoms. The van der Waals surface area contributed by atoms with Gasteiger partial charge in [0.05, 0.1) is 6.20 Å². The maximum atomic E-state index is 5.75. The second-order valence-corrected chi connectivity index (χ2v) is 5.15. The Bertz CT molecular complexity index is 387. The van der Waals surface area contributed by atoms with Crippen LogP contribution in [0.2, 0.25) is 5.28 Å². The third-order valence-corrected chi connectivity index (χ3v) is 3.59. The first-order chi connectivity index (χ1) is 8.31. The zero-order chi connectivity index (χ0) is 11.7. The van der Waals surface area contributed by atoms with Crippen molar-refractivity contribution in [2.24, 2.45) is 5.92 Å². The highest BCUT2D eigenvalue weighted by Gasteiger charge is 2.26. The molecular weight excluding hydrogens is 238 g/mol. The van der Waals surface area contributed by atoms with E-state index >= 15 is 0 Å². The summed E-state index contributed by atoms with van der Waals surface area (Å²) in [5, 5.41) is 7.73. The highest BCUT2D eigenvalue weighted by atomic mass is 35.5. The molecule has 2 fully saturated rings. The largest absolute Gasteiger partial charge is 0.353 e. The number of hydrogen-bond donors (Lipinski definition) is 0. The second-order valence-electron chi connectivity index (χ2n) is 4.81. The quantitative estimate of drug-likeness (QED) is 0.806. The lowest BCUT2D eigenvalue weighted by Crippen LogP contribution is -2.47. The van der Waals surface area contributed by atoms with Crippen molar-refractivity contribution in [1.82, 2.24) is 20.1 Å². The molecule has 0 atom stereocenters. The van der Waals surface area contributed by atoms with Gasteiger partial charge in [-0.1, -0.05) is 0 Å². The Hall–Kier alpha value is -0.940. The summed E-state index contributed by atoms with van der Waals surface area (Å²) in [5.74, 6) is 1.81. The average molecular weight is 254 g/mol. The molecule has 1 aromatic rings. The predicted octanol–water partition coefficient (Wildman–Crippen LogP) is 1.06. The van der Waals surface area contributed by atoms with Gasteiger partial charge < -0.3 is 4.90 Å². The van der Waals surface area contributed by atoms with E-state index in [1.165, 1.54) is 19.4 Å². The van der Waals surface area contributed by atoms with E-state index in [4.69, 9.17) is 11.6 Å². The summed E-state index contributed by atoms with van der Waals surface area (Å²) in [7, 11) is 0. The Labute approximate surface area is 106 Å². The van der Waals surface area contributed by atoms with Crippen LogP contribution in [0.25, 0.3) is 0 Å². The lowest BCUT2D eigenvalue weighted by molar-refractivity contribution is 0.247. The molecule has 1 saturated carbocycles. The van der Waals surface area contributed by atoms with Crippen LogP contribution in [0.4, 0.5) is 5.82 Å². The molecule has 6 heteroatoms. The van der Waals surface area contributed by atoms with Gasteiger partial charge >= 0.3 is 0 Å². The van der Waals surface area contributed by atoms with Gasteiger partial charge in [-0.25, -0.2) is 0 Å². The number of nitrogens with zero attached hydrogens (tertiary/aromatic N) is 5. The summed E-state index contributed by atoms with van der Waals surface area (Å²) >= 11 is 5.75. The maximum absolute atomic E-state index is 5.75. The van der Waals surface area contributed by atoms with Crippen LogP contribution in [0.5, 0.6) is 0 Å². The fourth-order valence-electron chi connectivity index (χ4n) is 2.25. The molecule has 1 saturated heterocycles. The van der Waals surface area contributed by atoms with Crippen molar-refractivity contribution >= 4 is 17.4 Å². The van der Waals surface area contributed by atoms with Crippen LogP contribution < -0.4 is 4.90 Å². The molecule has 92 valence electrons. The molecule has 1 aliphatic carbocycles. The van der Waals surface area contributed by atoms with Gasteiger partial charge in [0, 0.05) is 32.7 Å². The summed E-state index contributed by atoms with van der Waals surface area (Å²) in [4.78, 5) is 8.97. The molecule has 5 nitrogen and oxygen atoms in total. The third-order valence-electron chi connectivity index (χ3n) is 3.43. The van der Waals surface area contributed by atoms with Crippen molar-refractivity contribution in [3.05, 3.63) is 11.5 Å². The van der Waals surface area contributed by atoms with Crippen LogP contribution in [-0.4, -0.2) is 52.8 Å². The third kappa shape index (κ3) is 2.84. The monoisotopic (exact) mass is 253 g/mol. The minimum absolute atomic E-state index is 0.225. The first kappa shape index (κ1) is 11.2. The number of halogens is 1. The van der Waals surface area contributed by atoms with Gasteiger partial charge in [0.15, 0.2) is 5.82 Å². The molecule has 0 unspecified atom stereocenters. The van der Waals surface area contributed by atoms with Crippen LogP contribution in [0.15, 0.2) is 6.20 Å². The summed E-state index contributed by atoms with van der Waals surface area (Å²) < 4.78 is 0. The van der Waals surface area contributed by atoms with Crippen LogP contribution in [-0.2, 0) is 0 Å². The second kappa shape index (κ2) is 4.74. The topological polar surface area (TPSA) is 45.2 Å². The van der Waals surface area contributed by atoms with Gasteiger partial charge in [-0.3, -0.25) is 4.90 Å². The van der Waals surface area contributed by atoms with Gasteiger partial charge in [-0.2, -0.15) is 10.1 Å². The lowest BCUT2D eigenvalue weighted by atomic mass is 10.3. The van der Waals surface area contributed by atoms with E-state index in [0.717, 1.165) is 37.9 Å². The van der Waals surface area contributed by atoms with Crippen molar-refractivity contribution in [3.63, 3.8) is 0 Å². The molecule has 2 aliphatic rings. The van der Waals surface area contributed by atoms with E-state index in [1.54, 1.807) is 6.20 Å². The van der Waals surface area contributed by atoms with Gasteiger partial charge in [-0.05, 0) is 30.4 Å². The normalized spacial score (nSPS) is 21.8. The Morgan fingerprint density at radius 2 is 2.00 bits per heavy atom. The zero-order valence-corrected chi connectivity index (χ0v) is 10.5. The Morgan fingerprint density at radius 1 is 1.24 bits per heavy atom. The van der Waals surface area contributed by atoms with Crippen LogP contribution >= 0.6 is 11.6 Å². The van der Waals surface area contributed by atoms with Gasteiger partial charge in [-0.15, -0.1) is 5.10 Å². The minimum atomic E-state index is 0.225. The van der Waals surface area contributed by atoms with E-state index < -0.39 is 0 Å². The number of hydrogen-bond acceptors (Lipinski definition) is 5. The lowest BCUT2D eigenvalue weighted by Gasteiger charge is -2.35. The highest BCUT2D eigenvalue weighted by Crippen LogP contribution is 2.30. The molecule has 0 aromatic carbocycles. The van der Waals surface area contributed by atoms with Crippen molar-refractivity contribution in [2.45, 2.75) is 12.8 Å². The van der Waals surface area contributed by atoms with Gasteiger partial charge in [0.1, 0.15) is 0 Å².